The summed E-state index contributed by atoms with van der Waals surface area (Å²) in [5.41, 5.74) is 3.78. The maximum atomic E-state index is 12.3. The molecule has 0 spiro atoms. The number of phenolic OH excluding ortho intramolecular Hbond substituents is 3. The molecule has 0 saturated heterocycles. The minimum absolute atomic E-state index is 0.0100. The molecule has 21 heteroatoms. The van der Waals surface area contributed by atoms with Gasteiger partial charge in [0.1, 0.15) is 20.8 Å². The number of ether oxygens (including phenoxy) is 1. The van der Waals surface area contributed by atoms with Crippen LogP contribution in [-0.2, 0) is 0 Å². The normalized spacial score (nSPS) is 10.2. The van der Waals surface area contributed by atoms with Crippen LogP contribution in [0.1, 0.15) is 0 Å². The number of hydrogen-bond donors (Lipinski definition) is 9. The van der Waals surface area contributed by atoms with Gasteiger partial charge in [0, 0.05) is 5.56 Å². The second-order valence-electron chi connectivity index (χ2n) is 13.2. The van der Waals surface area contributed by atoms with E-state index in [0.29, 0.717) is 27.8 Å². The maximum Gasteiger partial charge on any atom is 0.323 e. The number of carbonyl (C=O) groups is 3. The van der Waals surface area contributed by atoms with Gasteiger partial charge in [0.15, 0.2) is 17.2 Å². The summed E-state index contributed by atoms with van der Waals surface area (Å²) in [4.78, 5) is 36.1. The van der Waals surface area contributed by atoms with Crippen molar-refractivity contribution in [2.24, 2.45) is 0 Å². The van der Waals surface area contributed by atoms with Crippen molar-refractivity contribution in [2.75, 3.05) is 39.0 Å². The molecule has 13 nitrogen and oxygen atoms in total. The minimum atomic E-state index is -0.618. The third-order valence-corrected chi connectivity index (χ3v) is 12.0. The molecule has 0 unspecified atom stereocenters. The summed E-state index contributed by atoms with van der Waals surface area (Å²) >= 11 is 46.6. The number of urea groups is 3. The van der Waals surface area contributed by atoms with Gasteiger partial charge < -0.3 is 52.0 Å². The van der Waals surface area contributed by atoms with E-state index in [0.717, 1.165) is 11.1 Å². The van der Waals surface area contributed by atoms with E-state index < -0.39 is 18.1 Å². The highest BCUT2D eigenvalue weighted by atomic mass is 35.5. The quantitative estimate of drug-likeness (QED) is 0.0676. The fourth-order valence-electron chi connectivity index (χ4n) is 5.56. The predicted octanol–water partition coefficient (Wildman–Crippen LogP) is 16.0. The van der Waals surface area contributed by atoms with Crippen LogP contribution in [0.4, 0.5) is 48.5 Å². The van der Waals surface area contributed by atoms with Gasteiger partial charge in [0.2, 0.25) is 0 Å². The number of methoxy groups -OCH3 is 1. The lowest BCUT2D eigenvalue weighted by Gasteiger charge is -2.13. The van der Waals surface area contributed by atoms with E-state index in [1.54, 1.807) is 48.5 Å². The van der Waals surface area contributed by atoms with Gasteiger partial charge in [-0.05, 0) is 72.3 Å². The van der Waals surface area contributed by atoms with Crippen LogP contribution in [0.25, 0.3) is 11.1 Å². The number of halogens is 8. The van der Waals surface area contributed by atoms with Gasteiger partial charge in [-0.2, -0.15) is 0 Å². The summed E-state index contributed by atoms with van der Waals surface area (Å²) < 4.78 is 5.12. The molecule has 0 aromatic heterocycles. The van der Waals surface area contributed by atoms with Crippen molar-refractivity contribution in [3.63, 3.8) is 0 Å². The molecule has 0 saturated carbocycles. The Kier molecular flexibility index (Phi) is 19.0. The molecule has 67 heavy (non-hydrogen) atoms. The first kappa shape index (κ1) is 51.8. The average molecular weight is 1070 g/mol. The third-order valence-electron chi connectivity index (χ3n) is 8.77. The van der Waals surface area contributed by atoms with Crippen LogP contribution >= 0.6 is 92.8 Å². The van der Waals surface area contributed by atoms with Crippen molar-refractivity contribution >= 4 is 145 Å². The number of phenols is 3. The molecule has 0 atom stereocenters. The SMILES string of the molecule is COc1ccccc1NC(=O)Nc1ccc(Cl)c(Cl)c1O.O=C(Nc1ccc(Cl)c(Cl)c1O)Nc1cccc(Cl)c1Cl.O=C(Nc1ccccc1-c1ccccc1)Nc1ccc(Cl)c(Cl)c1O. The number of amides is 6. The van der Waals surface area contributed by atoms with Crippen LogP contribution in [0, 0.1) is 0 Å². The molecule has 0 aliphatic heterocycles. The zero-order chi connectivity index (χ0) is 48.8. The first-order chi connectivity index (χ1) is 32.0. The van der Waals surface area contributed by atoms with Crippen LogP contribution < -0.4 is 36.6 Å². The number of rotatable bonds is 8. The largest absolute Gasteiger partial charge is 0.504 e. The van der Waals surface area contributed by atoms with E-state index in [4.69, 9.17) is 97.5 Å². The van der Waals surface area contributed by atoms with E-state index in [1.165, 1.54) is 43.5 Å². The Bertz CT molecular complexity index is 2910. The summed E-state index contributed by atoms with van der Waals surface area (Å²) in [6, 6.07) is 36.0. The highest BCUT2D eigenvalue weighted by molar-refractivity contribution is 6.45. The van der Waals surface area contributed by atoms with Gasteiger partial charge in [0.25, 0.3) is 0 Å². The Morgan fingerprint density at radius 3 is 1.21 bits per heavy atom. The Morgan fingerprint density at radius 1 is 0.373 bits per heavy atom. The molecule has 9 N–H and O–H groups in total. The molecule has 6 amide bonds. The number of aromatic hydroxyl groups is 3. The second-order valence-corrected chi connectivity index (χ2v) is 16.4. The lowest BCUT2D eigenvalue weighted by molar-refractivity contribution is 0.261. The van der Waals surface area contributed by atoms with Gasteiger partial charge in [0.05, 0.1) is 66.3 Å². The van der Waals surface area contributed by atoms with Gasteiger partial charge in [-0.3, -0.25) is 0 Å². The van der Waals surface area contributed by atoms with Crippen molar-refractivity contribution in [1.29, 1.82) is 0 Å². The third kappa shape index (κ3) is 14.2. The van der Waals surface area contributed by atoms with Crippen LogP contribution in [0.2, 0.25) is 40.2 Å². The lowest BCUT2D eigenvalue weighted by atomic mass is 10.0. The van der Waals surface area contributed by atoms with Gasteiger partial charge >= 0.3 is 18.1 Å². The first-order valence-corrected chi connectivity index (χ1v) is 22.0. The summed E-state index contributed by atoms with van der Waals surface area (Å²) in [6.45, 7) is 0. The van der Waals surface area contributed by atoms with E-state index in [9.17, 15) is 29.7 Å². The zero-order valence-electron chi connectivity index (χ0n) is 34.2. The van der Waals surface area contributed by atoms with Gasteiger partial charge in [-0.15, -0.1) is 0 Å². The molecule has 0 fully saturated rings. The molecular formula is C46H34Cl8N6O7. The molecule has 0 aliphatic rings. The number of nitrogens with one attached hydrogen (secondary N) is 6. The summed E-state index contributed by atoms with van der Waals surface area (Å²) in [7, 11) is 1.50. The van der Waals surface area contributed by atoms with Crippen molar-refractivity contribution in [2.45, 2.75) is 0 Å². The smallest absolute Gasteiger partial charge is 0.323 e. The van der Waals surface area contributed by atoms with Gasteiger partial charge in [-0.25, -0.2) is 14.4 Å². The van der Waals surface area contributed by atoms with Crippen molar-refractivity contribution < 1.29 is 34.4 Å². The number of benzene rings is 7. The molecule has 0 heterocycles. The van der Waals surface area contributed by atoms with E-state index >= 15 is 0 Å². The fourth-order valence-corrected chi connectivity index (χ4v) is 6.86. The zero-order valence-corrected chi connectivity index (χ0v) is 40.2. The number of anilines is 6. The molecular weight excluding hydrogens is 1030 g/mol. The molecule has 0 radical (unpaired) electrons. The topological polar surface area (TPSA) is 193 Å². The first-order valence-electron chi connectivity index (χ1n) is 18.9. The molecule has 7 aromatic carbocycles. The highest BCUT2D eigenvalue weighted by Gasteiger charge is 2.17. The van der Waals surface area contributed by atoms with Crippen LogP contribution in [0.15, 0.2) is 133 Å². The van der Waals surface area contributed by atoms with E-state index in [2.05, 4.69) is 31.9 Å². The van der Waals surface area contributed by atoms with Crippen molar-refractivity contribution in [3.8, 4) is 34.1 Å². The Balaban J connectivity index is 0.000000189. The molecule has 0 bridgehead atoms. The van der Waals surface area contributed by atoms with Crippen LogP contribution in [0.5, 0.6) is 23.0 Å². The Labute approximate surface area is 423 Å². The van der Waals surface area contributed by atoms with Crippen LogP contribution in [0.3, 0.4) is 0 Å². The number of para-hydroxylation sites is 3. The lowest BCUT2D eigenvalue weighted by Crippen LogP contribution is -2.20. The summed E-state index contributed by atoms with van der Waals surface area (Å²) in [5, 5.41) is 46.0. The maximum absolute atomic E-state index is 12.3. The molecule has 0 aliphatic carbocycles. The van der Waals surface area contributed by atoms with Crippen molar-refractivity contribution in [1.82, 2.24) is 0 Å². The molecule has 346 valence electrons. The number of hydrogen-bond acceptors (Lipinski definition) is 7. The Hall–Kier alpha value is -6.13. The van der Waals surface area contributed by atoms with Gasteiger partial charge in [-0.1, -0.05) is 160 Å². The standard InChI is InChI=1S/C19H14Cl2N2O2.C14H12Cl2N2O3.C13H8Cl4N2O2/c20-14-10-11-16(18(24)17(14)21)23-19(25)22-15-9-5-4-8-13(15)12-6-2-1-3-7-12;1-21-11-5-3-2-4-9(11)17-14(20)18-10-7-6-8(15)12(16)13(10)19;14-6-2-1-3-8(10(6)16)18-13(21)19-9-5-4-7(15)11(17)12(9)20/h1-11,24H,(H2,22,23,25);2-7,19H,1H3,(H2,17,18,20);1-5,20H,(H2,18,19,21). The number of carbonyl (C=O) groups excluding carboxylic acids is 3. The monoisotopic (exact) mass is 1060 g/mol. The van der Waals surface area contributed by atoms with Crippen molar-refractivity contribution in [3.05, 3.63) is 174 Å². The van der Waals surface area contributed by atoms with E-state index in [1.807, 2.05) is 48.5 Å². The predicted molar refractivity (Wildman–Crippen MR) is 274 cm³/mol. The highest BCUT2D eigenvalue weighted by Crippen LogP contribution is 2.40. The molecule has 7 rings (SSSR count). The summed E-state index contributed by atoms with van der Waals surface area (Å²) in [6.07, 6.45) is 0. The van der Waals surface area contributed by atoms with E-state index in [-0.39, 0.29) is 69.5 Å². The second kappa shape index (κ2) is 24.6. The fraction of sp³-hybridized carbons (Fsp3) is 0.0217. The average Bonchev–Trinajstić information content (AvgIpc) is 3.32. The summed E-state index contributed by atoms with van der Waals surface area (Å²) in [5.74, 6) is -0.373. The minimum Gasteiger partial charge on any atom is -0.504 e. The molecule has 7 aromatic rings. The van der Waals surface area contributed by atoms with Crippen LogP contribution in [-0.4, -0.2) is 40.5 Å². The Morgan fingerprint density at radius 2 is 0.731 bits per heavy atom.